The number of carbonyl (C=O) groups is 1. The molecule has 0 atom stereocenters. The number of nitrogens with one attached hydrogen (secondary N) is 3. The molecule has 3 heterocycles. The van der Waals surface area contributed by atoms with Gasteiger partial charge in [0.2, 0.25) is 0 Å². The Morgan fingerprint density at radius 1 is 1.03 bits per heavy atom. The standard InChI is InChI=1S/C28H25N7O2/c1-17-5-6-20(14-31-17)28(36)33-23-4-2-3-19(11-23)26-34-25-16-37-15-24(25)27(35-26)32-22-9-7-18(8-10-22)21(12-29)13-30/h2-14,29H,15-16,30H2,1H3,(H,33,36)(H,32,34,35)/b21-13+,29-12?. The molecule has 0 radical (unpaired) electrons. The molecule has 4 aromatic rings. The number of allylic oxidation sites excluding steroid dienone is 1. The van der Waals surface area contributed by atoms with Crippen LogP contribution in [0.1, 0.15) is 32.9 Å². The van der Waals surface area contributed by atoms with Crippen LogP contribution in [0.15, 0.2) is 73.1 Å². The second-order valence-electron chi connectivity index (χ2n) is 8.51. The molecule has 0 aliphatic carbocycles. The molecule has 1 aliphatic heterocycles. The summed E-state index contributed by atoms with van der Waals surface area (Å²) < 4.78 is 5.65. The van der Waals surface area contributed by atoms with Gasteiger partial charge in [-0.25, -0.2) is 9.97 Å². The van der Waals surface area contributed by atoms with Crippen LogP contribution in [0.4, 0.5) is 17.2 Å². The van der Waals surface area contributed by atoms with Crippen LogP contribution in [0, 0.1) is 12.3 Å². The Kier molecular flexibility index (Phi) is 6.69. The maximum atomic E-state index is 12.7. The molecule has 0 saturated carbocycles. The van der Waals surface area contributed by atoms with Crippen LogP contribution in [0.25, 0.3) is 17.0 Å². The maximum absolute atomic E-state index is 12.7. The zero-order valence-electron chi connectivity index (χ0n) is 20.2. The van der Waals surface area contributed by atoms with Gasteiger partial charge >= 0.3 is 0 Å². The van der Waals surface area contributed by atoms with Crippen LogP contribution in [0.3, 0.4) is 0 Å². The van der Waals surface area contributed by atoms with E-state index in [1.54, 1.807) is 18.3 Å². The van der Waals surface area contributed by atoms with E-state index in [0.717, 1.165) is 33.8 Å². The highest BCUT2D eigenvalue weighted by Gasteiger charge is 2.21. The van der Waals surface area contributed by atoms with Gasteiger partial charge < -0.3 is 26.5 Å². The van der Waals surface area contributed by atoms with Gasteiger partial charge in [0.25, 0.3) is 5.91 Å². The lowest BCUT2D eigenvalue weighted by molar-refractivity contribution is 0.102. The van der Waals surface area contributed by atoms with E-state index in [0.29, 0.717) is 41.7 Å². The van der Waals surface area contributed by atoms with Crippen LogP contribution in [0.2, 0.25) is 0 Å². The van der Waals surface area contributed by atoms with Crippen LogP contribution >= 0.6 is 0 Å². The third kappa shape index (κ3) is 5.21. The summed E-state index contributed by atoms with van der Waals surface area (Å²) in [6.45, 7) is 2.70. The molecule has 9 heteroatoms. The normalized spacial score (nSPS) is 12.6. The van der Waals surface area contributed by atoms with Gasteiger partial charge in [0.05, 0.1) is 24.5 Å². The summed E-state index contributed by atoms with van der Waals surface area (Å²) in [5.41, 5.74) is 12.4. The summed E-state index contributed by atoms with van der Waals surface area (Å²) in [6.07, 6.45) is 4.18. The number of amides is 1. The number of hydrogen-bond donors (Lipinski definition) is 4. The molecule has 5 N–H and O–H groups in total. The fraction of sp³-hybridized carbons (Fsp3) is 0.107. The van der Waals surface area contributed by atoms with Crippen LogP contribution < -0.4 is 16.4 Å². The van der Waals surface area contributed by atoms with Crippen molar-refractivity contribution in [1.29, 1.82) is 5.41 Å². The minimum Gasteiger partial charge on any atom is -0.404 e. The summed E-state index contributed by atoms with van der Waals surface area (Å²) in [7, 11) is 0. The Labute approximate surface area is 214 Å². The van der Waals surface area contributed by atoms with Gasteiger partial charge in [-0.15, -0.1) is 0 Å². The summed E-state index contributed by atoms with van der Waals surface area (Å²) in [5.74, 6) is 0.940. The summed E-state index contributed by atoms with van der Waals surface area (Å²) in [4.78, 5) is 26.4. The number of aromatic nitrogens is 3. The van der Waals surface area contributed by atoms with Crippen molar-refractivity contribution in [1.82, 2.24) is 15.0 Å². The zero-order chi connectivity index (χ0) is 25.8. The molecule has 5 rings (SSSR count). The fourth-order valence-corrected chi connectivity index (χ4v) is 3.94. The molecule has 0 fully saturated rings. The van der Waals surface area contributed by atoms with E-state index in [4.69, 9.17) is 25.8 Å². The van der Waals surface area contributed by atoms with E-state index in [-0.39, 0.29) is 5.91 Å². The van der Waals surface area contributed by atoms with E-state index in [9.17, 15) is 4.79 Å². The quantitative estimate of drug-likeness (QED) is 0.272. The highest BCUT2D eigenvalue weighted by atomic mass is 16.5. The predicted molar refractivity (Wildman–Crippen MR) is 144 cm³/mol. The number of hydrogen-bond acceptors (Lipinski definition) is 8. The second-order valence-corrected chi connectivity index (χ2v) is 8.51. The van der Waals surface area contributed by atoms with Gasteiger partial charge in [0.1, 0.15) is 5.82 Å². The first kappa shape index (κ1) is 23.8. The minimum absolute atomic E-state index is 0.241. The average molecular weight is 492 g/mol. The van der Waals surface area contributed by atoms with Crippen molar-refractivity contribution < 1.29 is 9.53 Å². The molecule has 184 valence electrons. The van der Waals surface area contributed by atoms with Gasteiger partial charge in [-0.3, -0.25) is 9.78 Å². The van der Waals surface area contributed by atoms with Crippen molar-refractivity contribution in [3.8, 4) is 11.4 Å². The lowest BCUT2D eigenvalue weighted by Crippen LogP contribution is -2.12. The largest absolute Gasteiger partial charge is 0.404 e. The third-order valence-corrected chi connectivity index (χ3v) is 5.95. The Morgan fingerprint density at radius 2 is 1.84 bits per heavy atom. The predicted octanol–water partition coefficient (Wildman–Crippen LogP) is 4.82. The molecule has 0 spiro atoms. The van der Waals surface area contributed by atoms with E-state index in [1.807, 2.05) is 55.5 Å². The number of pyridine rings is 1. The average Bonchev–Trinajstić information content (AvgIpc) is 3.40. The molecule has 2 aromatic carbocycles. The molecule has 1 amide bonds. The lowest BCUT2D eigenvalue weighted by Gasteiger charge is -2.13. The van der Waals surface area contributed by atoms with Crippen molar-refractivity contribution in [2.45, 2.75) is 20.1 Å². The number of fused-ring (bicyclic) bond motifs is 1. The molecule has 37 heavy (non-hydrogen) atoms. The zero-order valence-corrected chi connectivity index (χ0v) is 20.2. The molecular weight excluding hydrogens is 466 g/mol. The smallest absolute Gasteiger partial charge is 0.257 e. The van der Waals surface area contributed by atoms with Gasteiger partial charge in [-0.05, 0) is 48.9 Å². The van der Waals surface area contributed by atoms with Crippen molar-refractivity contribution in [2.75, 3.05) is 10.6 Å². The van der Waals surface area contributed by atoms with Crippen molar-refractivity contribution in [3.05, 3.63) is 101 Å². The first-order valence-corrected chi connectivity index (χ1v) is 11.7. The second kappa shape index (κ2) is 10.4. The summed E-state index contributed by atoms with van der Waals surface area (Å²) >= 11 is 0. The SMILES string of the molecule is Cc1ccc(C(=O)Nc2cccc(-c3nc4c(c(Nc5ccc(/C(C=N)=C/N)cc5)n3)COC4)c2)cn1. The summed E-state index contributed by atoms with van der Waals surface area (Å²) in [5, 5.41) is 13.8. The van der Waals surface area contributed by atoms with Crippen LogP contribution in [-0.4, -0.2) is 27.1 Å². The van der Waals surface area contributed by atoms with Crippen molar-refractivity contribution in [3.63, 3.8) is 0 Å². The number of rotatable bonds is 7. The monoisotopic (exact) mass is 491 g/mol. The number of ether oxygens (including phenoxy) is 1. The van der Waals surface area contributed by atoms with Gasteiger partial charge in [0.15, 0.2) is 5.82 Å². The first-order valence-electron chi connectivity index (χ1n) is 11.7. The molecule has 0 bridgehead atoms. The third-order valence-electron chi connectivity index (χ3n) is 5.95. The number of nitrogens with two attached hydrogens (primary N) is 1. The number of nitrogens with zero attached hydrogens (tertiary/aromatic N) is 3. The molecular formula is C28H25N7O2. The highest BCUT2D eigenvalue weighted by molar-refractivity contribution is 6.08. The summed E-state index contributed by atoms with van der Waals surface area (Å²) in [6, 6.07) is 18.5. The number of anilines is 3. The van der Waals surface area contributed by atoms with Gasteiger partial charge in [-0.2, -0.15) is 0 Å². The van der Waals surface area contributed by atoms with Gasteiger partial charge in [0, 0.05) is 52.4 Å². The Bertz CT molecular complexity index is 1500. The van der Waals surface area contributed by atoms with E-state index in [2.05, 4.69) is 15.6 Å². The minimum atomic E-state index is -0.241. The van der Waals surface area contributed by atoms with E-state index < -0.39 is 0 Å². The number of benzene rings is 2. The molecule has 0 unspecified atom stereocenters. The molecule has 9 nitrogen and oxygen atoms in total. The van der Waals surface area contributed by atoms with Crippen molar-refractivity contribution >= 4 is 34.9 Å². The maximum Gasteiger partial charge on any atom is 0.257 e. The van der Waals surface area contributed by atoms with E-state index >= 15 is 0 Å². The van der Waals surface area contributed by atoms with Crippen LogP contribution in [-0.2, 0) is 18.0 Å². The topological polar surface area (TPSA) is 139 Å². The van der Waals surface area contributed by atoms with E-state index in [1.165, 1.54) is 12.4 Å². The molecule has 0 saturated heterocycles. The van der Waals surface area contributed by atoms with Crippen LogP contribution in [0.5, 0.6) is 0 Å². The fourth-order valence-electron chi connectivity index (χ4n) is 3.94. The molecule has 2 aromatic heterocycles. The first-order chi connectivity index (χ1) is 18.0. The Hall–Kier alpha value is -4.89. The lowest BCUT2D eigenvalue weighted by atomic mass is 10.1. The Morgan fingerprint density at radius 3 is 2.57 bits per heavy atom. The molecule has 1 aliphatic rings. The number of carbonyl (C=O) groups excluding carboxylic acids is 1. The highest BCUT2D eigenvalue weighted by Crippen LogP contribution is 2.31. The number of aryl methyl sites for hydroxylation is 1. The van der Waals surface area contributed by atoms with Crippen molar-refractivity contribution in [2.24, 2.45) is 5.73 Å². The Balaban J connectivity index is 1.41. The van der Waals surface area contributed by atoms with Gasteiger partial charge in [-0.1, -0.05) is 24.3 Å².